The number of methoxy groups -OCH3 is 1. The highest BCUT2D eigenvalue weighted by atomic mass is 35.5. The normalized spacial score (nSPS) is 10.6. The Balaban J connectivity index is 2.22. The number of nitrogens with zero attached hydrogens (tertiary/aromatic N) is 1. The molecular formula is C16H15ClFNO5. The monoisotopic (exact) mass is 355 g/mol. The van der Waals surface area contributed by atoms with Crippen molar-refractivity contribution in [3.8, 4) is 0 Å². The molecule has 0 spiro atoms. The molecule has 128 valence electrons. The molecule has 24 heavy (non-hydrogen) atoms. The van der Waals surface area contributed by atoms with E-state index in [4.69, 9.17) is 25.9 Å². The average Bonchev–Trinajstić information content (AvgIpc) is 3.03. The van der Waals surface area contributed by atoms with Crippen LogP contribution in [0.1, 0.15) is 26.5 Å². The highest BCUT2D eigenvalue weighted by molar-refractivity contribution is 6.31. The van der Waals surface area contributed by atoms with Crippen LogP contribution in [-0.2, 0) is 11.3 Å². The molecule has 1 amide bonds. The Hall–Kier alpha value is -2.38. The lowest BCUT2D eigenvalue weighted by Gasteiger charge is -2.22. The number of carboxylic acid groups (broad SMARTS) is 1. The Morgan fingerprint density at radius 3 is 2.71 bits per heavy atom. The molecule has 0 aliphatic heterocycles. The molecule has 1 heterocycles. The first-order valence-corrected chi connectivity index (χ1v) is 7.34. The standard InChI is InChI=1S/C16H15ClFNO5/c1-23-5-4-19(8-10-2-3-12(18)7-13(10)17)15(20)14-6-11(9-24-14)16(21)22/h2-3,6-7,9H,4-5,8H2,1H3,(H,21,22). The van der Waals surface area contributed by atoms with Crippen molar-refractivity contribution in [3.05, 3.63) is 58.3 Å². The lowest BCUT2D eigenvalue weighted by Crippen LogP contribution is -2.33. The van der Waals surface area contributed by atoms with Gasteiger partial charge in [0.1, 0.15) is 12.1 Å². The second-order valence-electron chi connectivity index (χ2n) is 4.96. The number of furan rings is 1. The summed E-state index contributed by atoms with van der Waals surface area (Å²) in [5.74, 6) is -2.29. The van der Waals surface area contributed by atoms with E-state index in [-0.39, 0.29) is 36.0 Å². The molecule has 1 aromatic carbocycles. The van der Waals surface area contributed by atoms with Gasteiger partial charge in [0.2, 0.25) is 0 Å². The number of rotatable bonds is 7. The lowest BCUT2D eigenvalue weighted by molar-refractivity contribution is 0.0648. The Morgan fingerprint density at radius 1 is 1.38 bits per heavy atom. The summed E-state index contributed by atoms with van der Waals surface area (Å²) in [7, 11) is 1.49. The van der Waals surface area contributed by atoms with Crippen molar-refractivity contribution >= 4 is 23.5 Å². The molecule has 0 aliphatic carbocycles. The van der Waals surface area contributed by atoms with Gasteiger partial charge in [0.25, 0.3) is 5.91 Å². The molecule has 0 fully saturated rings. The molecule has 1 aromatic heterocycles. The van der Waals surface area contributed by atoms with Crippen LogP contribution in [0.4, 0.5) is 4.39 Å². The van der Waals surface area contributed by atoms with Crippen molar-refractivity contribution in [1.82, 2.24) is 4.90 Å². The van der Waals surface area contributed by atoms with Crippen molar-refractivity contribution in [2.45, 2.75) is 6.54 Å². The van der Waals surface area contributed by atoms with Crippen molar-refractivity contribution in [2.24, 2.45) is 0 Å². The van der Waals surface area contributed by atoms with Gasteiger partial charge in [-0.1, -0.05) is 17.7 Å². The summed E-state index contributed by atoms with van der Waals surface area (Å²) in [5.41, 5.74) is 0.428. The summed E-state index contributed by atoms with van der Waals surface area (Å²) in [4.78, 5) is 24.8. The zero-order valence-corrected chi connectivity index (χ0v) is 13.5. The third-order valence-electron chi connectivity index (χ3n) is 3.29. The number of carboxylic acids is 1. The quantitative estimate of drug-likeness (QED) is 0.825. The van der Waals surface area contributed by atoms with E-state index in [0.29, 0.717) is 5.56 Å². The van der Waals surface area contributed by atoms with Gasteiger partial charge >= 0.3 is 5.97 Å². The number of ether oxygens (including phenoxy) is 1. The number of hydrogen-bond donors (Lipinski definition) is 1. The molecule has 0 bridgehead atoms. The van der Waals surface area contributed by atoms with E-state index < -0.39 is 17.7 Å². The largest absolute Gasteiger partial charge is 0.478 e. The fourth-order valence-corrected chi connectivity index (χ4v) is 2.25. The highest BCUT2D eigenvalue weighted by Gasteiger charge is 2.22. The maximum atomic E-state index is 13.1. The lowest BCUT2D eigenvalue weighted by atomic mass is 10.2. The Labute approximate surface area is 142 Å². The molecule has 0 saturated carbocycles. The first-order valence-electron chi connectivity index (χ1n) is 6.96. The average molecular weight is 356 g/mol. The van der Waals surface area contributed by atoms with Crippen molar-refractivity contribution < 1.29 is 28.2 Å². The molecule has 1 N–H and O–H groups in total. The van der Waals surface area contributed by atoms with Gasteiger partial charge in [-0.3, -0.25) is 4.79 Å². The smallest absolute Gasteiger partial charge is 0.338 e. The van der Waals surface area contributed by atoms with Crippen LogP contribution in [0.2, 0.25) is 5.02 Å². The zero-order chi connectivity index (χ0) is 17.7. The van der Waals surface area contributed by atoms with E-state index in [9.17, 15) is 14.0 Å². The molecule has 2 rings (SSSR count). The highest BCUT2D eigenvalue weighted by Crippen LogP contribution is 2.20. The maximum absolute atomic E-state index is 13.1. The second-order valence-corrected chi connectivity index (χ2v) is 5.37. The van der Waals surface area contributed by atoms with Crippen molar-refractivity contribution in [2.75, 3.05) is 20.3 Å². The van der Waals surface area contributed by atoms with Crippen molar-refractivity contribution in [3.63, 3.8) is 0 Å². The SMILES string of the molecule is COCCN(Cc1ccc(F)cc1Cl)C(=O)c1cc(C(=O)O)co1. The summed E-state index contributed by atoms with van der Waals surface area (Å²) in [6, 6.07) is 5.03. The minimum absolute atomic E-state index is 0.102. The van der Waals surface area contributed by atoms with Gasteiger partial charge in [0.15, 0.2) is 5.76 Å². The van der Waals surface area contributed by atoms with Gasteiger partial charge in [-0.05, 0) is 17.7 Å². The summed E-state index contributed by atoms with van der Waals surface area (Å²) >= 11 is 5.99. The van der Waals surface area contributed by atoms with Crippen LogP contribution in [0, 0.1) is 5.82 Å². The maximum Gasteiger partial charge on any atom is 0.338 e. The third kappa shape index (κ3) is 4.33. The van der Waals surface area contributed by atoms with Crippen LogP contribution in [0.25, 0.3) is 0 Å². The number of carbonyl (C=O) groups excluding carboxylic acids is 1. The van der Waals surface area contributed by atoms with E-state index in [1.807, 2.05) is 0 Å². The predicted molar refractivity (Wildman–Crippen MR) is 83.7 cm³/mol. The van der Waals surface area contributed by atoms with Gasteiger partial charge in [0, 0.05) is 31.3 Å². The van der Waals surface area contributed by atoms with E-state index in [1.165, 1.54) is 24.1 Å². The van der Waals surface area contributed by atoms with Crippen LogP contribution >= 0.6 is 11.6 Å². The van der Waals surface area contributed by atoms with Crippen LogP contribution in [-0.4, -0.2) is 42.1 Å². The topological polar surface area (TPSA) is 80.0 Å². The molecule has 0 radical (unpaired) electrons. The van der Waals surface area contributed by atoms with E-state index in [2.05, 4.69) is 0 Å². The third-order valence-corrected chi connectivity index (χ3v) is 3.64. The van der Waals surface area contributed by atoms with E-state index in [0.717, 1.165) is 18.4 Å². The number of carbonyl (C=O) groups is 2. The second kappa shape index (κ2) is 7.94. The minimum Gasteiger partial charge on any atom is -0.478 e. The molecular weight excluding hydrogens is 341 g/mol. The minimum atomic E-state index is -1.19. The van der Waals surface area contributed by atoms with Gasteiger partial charge in [-0.2, -0.15) is 0 Å². The molecule has 8 heteroatoms. The number of hydrogen-bond acceptors (Lipinski definition) is 4. The van der Waals surface area contributed by atoms with Gasteiger partial charge < -0.3 is 19.2 Å². The molecule has 0 atom stereocenters. The Kier molecular flexibility index (Phi) is 5.94. The van der Waals surface area contributed by atoms with Crippen LogP contribution in [0.3, 0.4) is 0 Å². The molecule has 6 nitrogen and oxygen atoms in total. The Morgan fingerprint density at radius 2 is 2.12 bits per heavy atom. The first kappa shape index (κ1) is 18.0. The number of benzene rings is 1. The van der Waals surface area contributed by atoms with Crippen LogP contribution in [0.15, 0.2) is 34.9 Å². The van der Waals surface area contributed by atoms with E-state index >= 15 is 0 Å². The van der Waals surface area contributed by atoms with Crippen LogP contribution in [0.5, 0.6) is 0 Å². The van der Waals surface area contributed by atoms with Gasteiger partial charge in [-0.25, -0.2) is 9.18 Å². The number of halogens is 2. The molecule has 0 saturated heterocycles. The van der Waals surface area contributed by atoms with Gasteiger partial charge in [-0.15, -0.1) is 0 Å². The summed E-state index contributed by atoms with van der Waals surface area (Å²) in [6.45, 7) is 0.591. The zero-order valence-electron chi connectivity index (χ0n) is 12.8. The van der Waals surface area contributed by atoms with Crippen LogP contribution < -0.4 is 0 Å². The predicted octanol–water partition coefficient (Wildman–Crippen LogP) is 3.06. The summed E-state index contributed by atoms with van der Waals surface area (Å²) in [6.07, 6.45) is 0.995. The fraction of sp³-hybridized carbons (Fsp3) is 0.250. The fourth-order valence-electron chi connectivity index (χ4n) is 2.03. The molecule has 0 aliphatic rings. The number of amides is 1. The summed E-state index contributed by atoms with van der Waals surface area (Å²) < 4.78 is 23.1. The summed E-state index contributed by atoms with van der Waals surface area (Å²) in [5, 5.41) is 9.09. The Bertz CT molecular complexity index is 746. The molecule has 2 aromatic rings. The van der Waals surface area contributed by atoms with Gasteiger partial charge in [0.05, 0.1) is 12.2 Å². The number of aromatic carboxylic acids is 1. The molecule has 0 unspecified atom stereocenters. The first-order chi connectivity index (χ1) is 11.4. The van der Waals surface area contributed by atoms with Crippen molar-refractivity contribution in [1.29, 1.82) is 0 Å². The van der Waals surface area contributed by atoms with E-state index in [1.54, 1.807) is 0 Å².